The number of benzene rings is 1. The van der Waals surface area contributed by atoms with Crippen molar-refractivity contribution in [3.8, 4) is 5.69 Å². The number of amides is 1. The maximum absolute atomic E-state index is 12.9. The number of hydrogen-bond donors (Lipinski definition) is 0. The summed E-state index contributed by atoms with van der Waals surface area (Å²) < 4.78 is 1.81. The van der Waals surface area contributed by atoms with Gasteiger partial charge >= 0.3 is 11.7 Å². The molecule has 8 nitrogen and oxygen atoms in total. The van der Waals surface area contributed by atoms with Crippen molar-refractivity contribution in [3.63, 3.8) is 0 Å². The molecule has 0 N–H and O–H groups in total. The fraction of sp³-hybridized carbons (Fsp3) is 0.375. The first kappa shape index (κ1) is 17.4. The highest BCUT2D eigenvalue weighted by Crippen LogP contribution is 2.22. The number of tetrazole rings is 1. The molecular formula is C16H19ClN6O2. The van der Waals surface area contributed by atoms with Crippen molar-refractivity contribution in [1.82, 2.24) is 29.8 Å². The average Bonchev–Trinajstić information content (AvgIpc) is 2.97. The highest BCUT2D eigenvalue weighted by Gasteiger charge is 2.27. The van der Waals surface area contributed by atoms with Crippen LogP contribution in [0.5, 0.6) is 0 Å². The molecular weight excluding hydrogens is 344 g/mol. The van der Waals surface area contributed by atoms with Crippen molar-refractivity contribution in [2.24, 2.45) is 0 Å². The highest BCUT2D eigenvalue weighted by atomic mass is 35.5. The zero-order valence-electron chi connectivity index (χ0n) is 14.1. The summed E-state index contributed by atoms with van der Waals surface area (Å²) in [5, 5.41) is 11.1. The Balaban J connectivity index is 1.97. The maximum Gasteiger partial charge on any atom is 0.377 e. The summed E-state index contributed by atoms with van der Waals surface area (Å²) in [5.41, 5.74) is 0.672. The molecule has 1 aliphatic rings. The van der Waals surface area contributed by atoms with Gasteiger partial charge in [-0.15, -0.1) is 4.68 Å². The van der Waals surface area contributed by atoms with E-state index in [4.69, 9.17) is 11.6 Å². The van der Waals surface area contributed by atoms with Gasteiger partial charge in [-0.1, -0.05) is 23.7 Å². The van der Waals surface area contributed by atoms with Crippen LogP contribution in [-0.4, -0.2) is 49.9 Å². The molecule has 1 aromatic carbocycles. The number of rotatable bonds is 3. The third-order valence-corrected chi connectivity index (χ3v) is 4.17. The number of carbonyl (C=O) groups is 1. The summed E-state index contributed by atoms with van der Waals surface area (Å²) in [4.78, 5) is 25.5. The molecule has 0 saturated heterocycles. The fourth-order valence-corrected chi connectivity index (χ4v) is 2.97. The first-order valence-electron chi connectivity index (χ1n) is 8.01. The van der Waals surface area contributed by atoms with Crippen LogP contribution < -0.4 is 5.69 Å². The van der Waals surface area contributed by atoms with Crippen LogP contribution in [0.2, 0.25) is 5.02 Å². The number of hydrazine groups is 1. The van der Waals surface area contributed by atoms with E-state index in [9.17, 15) is 9.59 Å². The first-order chi connectivity index (χ1) is 12.0. The lowest BCUT2D eigenvalue weighted by atomic mass is 10.0. The number of allylic oxidation sites excluding steroid dienone is 2. The topological polar surface area (TPSA) is 76.3 Å². The van der Waals surface area contributed by atoms with E-state index >= 15 is 0 Å². The molecule has 0 bridgehead atoms. The van der Waals surface area contributed by atoms with Gasteiger partial charge in [0, 0.05) is 24.8 Å². The van der Waals surface area contributed by atoms with Crippen LogP contribution in [0.3, 0.4) is 0 Å². The number of aromatic nitrogens is 4. The summed E-state index contributed by atoms with van der Waals surface area (Å²) >= 11 is 5.95. The van der Waals surface area contributed by atoms with Crippen LogP contribution in [0, 0.1) is 0 Å². The lowest BCUT2D eigenvalue weighted by Gasteiger charge is -2.31. The SMILES string of the molecule is CN(C)N(C(=O)n1nnn(-c2cccc(Cl)c2)c1=O)C1=CCCCC1. The van der Waals surface area contributed by atoms with Gasteiger partial charge in [0.25, 0.3) is 0 Å². The Kier molecular flexibility index (Phi) is 5.00. The van der Waals surface area contributed by atoms with Gasteiger partial charge in [-0.3, -0.25) is 0 Å². The van der Waals surface area contributed by atoms with E-state index in [1.165, 1.54) is 5.01 Å². The zero-order valence-corrected chi connectivity index (χ0v) is 14.8. The molecule has 1 aliphatic carbocycles. The van der Waals surface area contributed by atoms with Crippen LogP contribution in [0.15, 0.2) is 40.8 Å². The van der Waals surface area contributed by atoms with E-state index in [2.05, 4.69) is 10.4 Å². The van der Waals surface area contributed by atoms with Gasteiger partial charge in [0.1, 0.15) is 0 Å². The molecule has 1 aromatic heterocycles. The lowest BCUT2D eigenvalue weighted by molar-refractivity contribution is 0.0878. The number of halogens is 1. The molecule has 0 atom stereocenters. The second-order valence-electron chi connectivity index (χ2n) is 5.95. The lowest BCUT2D eigenvalue weighted by Crippen LogP contribution is -2.47. The monoisotopic (exact) mass is 362 g/mol. The summed E-state index contributed by atoms with van der Waals surface area (Å²) in [7, 11) is 3.50. The van der Waals surface area contributed by atoms with Gasteiger partial charge in [-0.05, 0) is 54.3 Å². The van der Waals surface area contributed by atoms with Gasteiger partial charge in [-0.25, -0.2) is 19.6 Å². The van der Waals surface area contributed by atoms with Crippen molar-refractivity contribution in [2.75, 3.05) is 14.1 Å². The van der Waals surface area contributed by atoms with E-state index < -0.39 is 11.7 Å². The number of nitrogens with zero attached hydrogens (tertiary/aromatic N) is 6. The molecule has 25 heavy (non-hydrogen) atoms. The van der Waals surface area contributed by atoms with Crippen molar-refractivity contribution in [3.05, 3.63) is 51.5 Å². The molecule has 0 fully saturated rings. The highest BCUT2D eigenvalue weighted by molar-refractivity contribution is 6.30. The maximum atomic E-state index is 12.9. The third kappa shape index (κ3) is 3.49. The normalized spacial score (nSPS) is 14.5. The number of carbonyl (C=O) groups excluding carboxylic acids is 1. The molecule has 132 valence electrons. The van der Waals surface area contributed by atoms with Gasteiger partial charge in [0.05, 0.1) is 5.69 Å². The zero-order chi connectivity index (χ0) is 18.0. The van der Waals surface area contributed by atoms with Crippen LogP contribution in [0.4, 0.5) is 4.79 Å². The molecule has 0 aliphatic heterocycles. The largest absolute Gasteiger partial charge is 0.377 e. The van der Waals surface area contributed by atoms with Crippen LogP contribution in [-0.2, 0) is 0 Å². The summed E-state index contributed by atoms with van der Waals surface area (Å²) in [6, 6.07) is 6.08. The van der Waals surface area contributed by atoms with Crippen molar-refractivity contribution < 1.29 is 4.79 Å². The van der Waals surface area contributed by atoms with Crippen molar-refractivity contribution in [2.45, 2.75) is 25.7 Å². The minimum atomic E-state index is -0.643. The predicted octanol–water partition coefficient (Wildman–Crippen LogP) is 2.29. The van der Waals surface area contributed by atoms with Gasteiger partial charge in [0.15, 0.2) is 0 Å². The second-order valence-corrected chi connectivity index (χ2v) is 6.38. The van der Waals surface area contributed by atoms with Crippen LogP contribution >= 0.6 is 11.6 Å². The standard InChI is InChI=1S/C16H19ClN6O2/c1-20(2)23(13-8-4-3-5-9-13)16(25)22-15(24)21(18-19-22)14-10-6-7-12(17)11-14/h6-8,10-11H,3-5,9H2,1-2H3. The Labute approximate surface area is 149 Å². The molecule has 0 unspecified atom stereocenters. The summed E-state index contributed by atoms with van der Waals surface area (Å²) in [6.07, 6.45) is 5.82. The van der Waals surface area contributed by atoms with Crippen LogP contribution in [0.1, 0.15) is 25.7 Å². The fourth-order valence-electron chi connectivity index (χ4n) is 2.79. The summed E-state index contributed by atoms with van der Waals surface area (Å²) in [6.45, 7) is 0. The van der Waals surface area contributed by atoms with Gasteiger partial charge in [0.2, 0.25) is 0 Å². The van der Waals surface area contributed by atoms with E-state index in [1.807, 2.05) is 6.08 Å². The van der Waals surface area contributed by atoms with Crippen LogP contribution in [0.25, 0.3) is 5.69 Å². The van der Waals surface area contributed by atoms with E-state index in [1.54, 1.807) is 43.4 Å². The van der Waals surface area contributed by atoms with Gasteiger partial charge < -0.3 is 0 Å². The van der Waals surface area contributed by atoms with E-state index in [-0.39, 0.29) is 0 Å². The average molecular weight is 363 g/mol. The Morgan fingerprint density at radius 3 is 2.68 bits per heavy atom. The van der Waals surface area contributed by atoms with E-state index in [0.717, 1.165) is 40.7 Å². The van der Waals surface area contributed by atoms with E-state index in [0.29, 0.717) is 10.7 Å². The minimum Gasteiger partial charge on any atom is -0.244 e. The Bertz CT molecular complexity index is 870. The predicted molar refractivity (Wildman–Crippen MR) is 93.5 cm³/mol. The molecule has 1 amide bonds. The van der Waals surface area contributed by atoms with Crippen molar-refractivity contribution in [1.29, 1.82) is 0 Å². The smallest absolute Gasteiger partial charge is 0.244 e. The Morgan fingerprint density at radius 1 is 1.24 bits per heavy atom. The molecule has 9 heteroatoms. The molecule has 3 rings (SSSR count). The molecule has 2 aromatic rings. The van der Waals surface area contributed by atoms with Gasteiger partial charge in [-0.2, -0.15) is 4.68 Å². The number of hydrogen-bond acceptors (Lipinski definition) is 5. The summed E-state index contributed by atoms with van der Waals surface area (Å²) in [5.74, 6) is 0. The minimum absolute atomic E-state index is 0.449. The Morgan fingerprint density at radius 2 is 2.04 bits per heavy atom. The molecule has 0 saturated carbocycles. The molecule has 1 heterocycles. The molecule has 0 spiro atoms. The quantitative estimate of drug-likeness (QED) is 0.618. The first-order valence-corrected chi connectivity index (χ1v) is 8.38. The molecule has 0 radical (unpaired) electrons. The third-order valence-electron chi connectivity index (χ3n) is 3.94. The Hall–Kier alpha value is -2.45. The second kappa shape index (κ2) is 7.20. The van der Waals surface area contributed by atoms with Crippen molar-refractivity contribution >= 4 is 17.6 Å².